The second kappa shape index (κ2) is 5.91. The summed E-state index contributed by atoms with van der Waals surface area (Å²) < 4.78 is 34.2. The van der Waals surface area contributed by atoms with Crippen molar-refractivity contribution in [2.45, 2.75) is 24.4 Å². The molecule has 8 nitrogen and oxygen atoms in total. The van der Waals surface area contributed by atoms with E-state index < -0.39 is 14.9 Å². The highest BCUT2D eigenvalue weighted by Gasteiger charge is 2.35. The molecule has 0 N–H and O–H groups in total. The Bertz CT molecular complexity index is 890. The standard InChI is InChI=1S/C15H17N3O5S/c1-11-13-4-3-7-16(13)8-9-17(11)24(21,22)12-5-6-15(23-2)14(10-12)18(19)20/h3-7,10-11H,8-9H2,1-2H3. The van der Waals surface area contributed by atoms with E-state index in [0.29, 0.717) is 13.1 Å². The van der Waals surface area contributed by atoms with E-state index in [9.17, 15) is 18.5 Å². The summed E-state index contributed by atoms with van der Waals surface area (Å²) in [7, 11) is -2.55. The lowest BCUT2D eigenvalue weighted by molar-refractivity contribution is -0.386. The summed E-state index contributed by atoms with van der Waals surface area (Å²) in [5.41, 5.74) is 0.527. The summed E-state index contributed by atoms with van der Waals surface area (Å²) in [4.78, 5) is 10.4. The van der Waals surface area contributed by atoms with Crippen molar-refractivity contribution in [2.75, 3.05) is 13.7 Å². The number of nitro benzene ring substituents is 1. The second-order valence-electron chi connectivity index (χ2n) is 5.51. The summed E-state index contributed by atoms with van der Waals surface area (Å²) in [6, 6.07) is 7.10. The zero-order valence-corrected chi connectivity index (χ0v) is 14.1. The number of benzene rings is 1. The minimum atomic E-state index is -3.85. The third-order valence-corrected chi connectivity index (χ3v) is 6.21. The molecule has 24 heavy (non-hydrogen) atoms. The van der Waals surface area contributed by atoms with Gasteiger partial charge in [-0.25, -0.2) is 8.42 Å². The largest absolute Gasteiger partial charge is 0.490 e. The summed E-state index contributed by atoms with van der Waals surface area (Å²) in [6.45, 7) is 2.66. The molecule has 0 spiro atoms. The molecule has 0 aliphatic carbocycles. The third kappa shape index (κ3) is 2.55. The Hall–Kier alpha value is -2.39. The van der Waals surface area contributed by atoms with Crippen molar-refractivity contribution in [3.63, 3.8) is 0 Å². The lowest BCUT2D eigenvalue weighted by atomic mass is 10.2. The van der Waals surface area contributed by atoms with Crippen LogP contribution in [-0.4, -0.2) is 35.9 Å². The van der Waals surface area contributed by atoms with Gasteiger partial charge in [-0.2, -0.15) is 4.31 Å². The van der Waals surface area contributed by atoms with E-state index in [0.717, 1.165) is 11.8 Å². The number of ether oxygens (including phenoxy) is 1. The van der Waals surface area contributed by atoms with Gasteiger partial charge in [0.05, 0.1) is 23.0 Å². The number of hydrogen-bond acceptors (Lipinski definition) is 5. The molecule has 0 saturated heterocycles. The van der Waals surface area contributed by atoms with Crippen molar-refractivity contribution in [1.82, 2.24) is 8.87 Å². The fraction of sp³-hybridized carbons (Fsp3) is 0.333. The van der Waals surface area contributed by atoms with Crippen LogP contribution in [0, 0.1) is 10.1 Å². The Balaban J connectivity index is 2.03. The number of nitrogens with zero attached hydrogens (tertiary/aromatic N) is 3. The van der Waals surface area contributed by atoms with Gasteiger partial charge in [0.15, 0.2) is 5.75 Å². The first-order valence-electron chi connectivity index (χ1n) is 7.35. The molecule has 0 saturated carbocycles. The van der Waals surface area contributed by atoms with E-state index >= 15 is 0 Å². The van der Waals surface area contributed by atoms with Crippen molar-refractivity contribution < 1.29 is 18.1 Å². The number of fused-ring (bicyclic) bond motifs is 1. The van der Waals surface area contributed by atoms with Crippen molar-refractivity contribution in [3.8, 4) is 5.75 Å². The van der Waals surface area contributed by atoms with Crippen LogP contribution in [-0.2, 0) is 16.6 Å². The fourth-order valence-corrected chi connectivity index (χ4v) is 4.61. The monoisotopic (exact) mass is 351 g/mol. The Morgan fingerprint density at radius 2 is 2.04 bits per heavy atom. The molecular formula is C15H17N3O5S. The van der Waals surface area contributed by atoms with E-state index in [4.69, 9.17) is 4.74 Å². The Morgan fingerprint density at radius 1 is 1.29 bits per heavy atom. The SMILES string of the molecule is COc1ccc(S(=O)(=O)N2CCn3cccc3C2C)cc1[N+](=O)[O-]. The zero-order valence-electron chi connectivity index (χ0n) is 13.2. The van der Waals surface area contributed by atoms with Gasteiger partial charge < -0.3 is 9.30 Å². The number of methoxy groups -OCH3 is 1. The smallest absolute Gasteiger partial charge is 0.312 e. The predicted molar refractivity (Wildman–Crippen MR) is 86.4 cm³/mol. The van der Waals surface area contributed by atoms with Gasteiger partial charge in [0, 0.05) is 31.0 Å². The van der Waals surface area contributed by atoms with Gasteiger partial charge >= 0.3 is 5.69 Å². The molecule has 9 heteroatoms. The normalized spacial score (nSPS) is 18.2. The molecule has 0 fully saturated rings. The van der Waals surface area contributed by atoms with Crippen molar-refractivity contribution in [1.29, 1.82) is 0 Å². The topological polar surface area (TPSA) is 94.7 Å². The van der Waals surface area contributed by atoms with Gasteiger partial charge in [0.2, 0.25) is 10.0 Å². The Morgan fingerprint density at radius 3 is 2.71 bits per heavy atom. The maximum absolute atomic E-state index is 13.0. The first-order valence-corrected chi connectivity index (χ1v) is 8.79. The highest BCUT2D eigenvalue weighted by atomic mass is 32.2. The van der Waals surface area contributed by atoms with Crippen molar-refractivity contribution in [3.05, 3.63) is 52.3 Å². The van der Waals surface area contributed by atoms with Crippen LogP contribution in [0.4, 0.5) is 5.69 Å². The maximum atomic E-state index is 13.0. The summed E-state index contributed by atoms with van der Waals surface area (Å²) in [5.74, 6) is 0.0273. The fourth-order valence-electron chi connectivity index (χ4n) is 2.99. The van der Waals surface area contributed by atoms with Crippen LogP contribution in [0.3, 0.4) is 0 Å². The molecule has 1 unspecified atom stereocenters. The summed E-state index contributed by atoms with van der Waals surface area (Å²) in [5, 5.41) is 11.1. The van der Waals surface area contributed by atoms with Crippen LogP contribution < -0.4 is 4.74 Å². The first-order chi connectivity index (χ1) is 11.4. The highest BCUT2D eigenvalue weighted by Crippen LogP contribution is 2.34. The highest BCUT2D eigenvalue weighted by molar-refractivity contribution is 7.89. The number of hydrogen-bond donors (Lipinski definition) is 0. The molecule has 1 aromatic heterocycles. The summed E-state index contributed by atoms with van der Waals surface area (Å²) >= 11 is 0. The molecular weight excluding hydrogens is 334 g/mol. The maximum Gasteiger partial charge on any atom is 0.312 e. The van der Waals surface area contributed by atoms with E-state index in [2.05, 4.69) is 0 Å². The number of nitro groups is 1. The second-order valence-corrected chi connectivity index (χ2v) is 7.40. The molecule has 1 atom stereocenters. The minimum Gasteiger partial charge on any atom is -0.490 e. The van der Waals surface area contributed by atoms with Crippen molar-refractivity contribution >= 4 is 15.7 Å². The van der Waals surface area contributed by atoms with E-state index in [1.807, 2.05) is 22.9 Å². The van der Waals surface area contributed by atoms with Crippen LogP contribution >= 0.6 is 0 Å². The first kappa shape index (κ1) is 16.5. The van der Waals surface area contributed by atoms with E-state index in [1.165, 1.54) is 23.5 Å². The number of rotatable bonds is 4. The van der Waals surface area contributed by atoms with Crippen LogP contribution in [0.25, 0.3) is 0 Å². The van der Waals surface area contributed by atoms with Crippen LogP contribution in [0.15, 0.2) is 41.4 Å². The van der Waals surface area contributed by atoms with Gasteiger partial charge in [-0.05, 0) is 31.2 Å². The van der Waals surface area contributed by atoms with Gasteiger partial charge in [0.25, 0.3) is 0 Å². The Labute approximate surface area is 139 Å². The van der Waals surface area contributed by atoms with Gasteiger partial charge in [0.1, 0.15) is 0 Å². The van der Waals surface area contributed by atoms with Crippen LogP contribution in [0.2, 0.25) is 0 Å². The quantitative estimate of drug-likeness (QED) is 0.621. The average molecular weight is 351 g/mol. The third-order valence-electron chi connectivity index (χ3n) is 4.24. The minimum absolute atomic E-state index is 0.0273. The molecule has 0 amide bonds. The molecule has 1 aliphatic rings. The lowest BCUT2D eigenvalue weighted by Gasteiger charge is -2.33. The number of aromatic nitrogens is 1. The van der Waals surface area contributed by atoms with Crippen LogP contribution in [0.1, 0.15) is 18.7 Å². The van der Waals surface area contributed by atoms with Gasteiger partial charge in [-0.15, -0.1) is 0 Å². The lowest BCUT2D eigenvalue weighted by Crippen LogP contribution is -2.40. The molecule has 3 rings (SSSR count). The van der Waals surface area contributed by atoms with Crippen molar-refractivity contribution in [2.24, 2.45) is 0 Å². The van der Waals surface area contributed by atoms with Gasteiger partial charge in [-0.1, -0.05) is 0 Å². The van der Waals surface area contributed by atoms with E-state index in [1.54, 1.807) is 6.92 Å². The molecule has 1 aliphatic heterocycles. The molecule has 0 bridgehead atoms. The predicted octanol–water partition coefficient (Wildman–Crippen LogP) is 2.17. The molecule has 128 valence electrons. The Kier molecular flexibility index (Phi) is 4.06. The average Bonchev–Trinajstić information content (AvgIpc) is 3.03. The number of sulfonamides is 1. The van der Waals surface area contributed by atoms with Crippen LogP contribution in [0.5, 0.6) is 5.75 Å². The van der Waals surface area contributed by atoms with E-state index in [-0.39, 0.29) is 22.4 Å². The van der Waals surface area contributed by atoms with Gasteiger partial charge in [-0.3, -0.25) is 10.1 Å². The summed E-state index contributed by atoms with van der Waals surface area (Å²) in [6.07, 6.45) is 1.91. The zero-order chi connectivity index (χ0) is 17.5. The molecule has 2 heterocycles. The molecule has 0 radical (unpaired) electrons. The molecule has 2 aromatic rings. The molecule has 1 aromatic carbocycles.